The molecule has 5 heteroatoms. The second-order valence-corrected chi connectivity index (χ2v) is 5.80. The molecule has 1 atom stereocenters. The number of carbonyl (C=O) groups excluding carboxylic acids is 1. The minimum Gasteiger partial charge on any atom is -0.461 e. The highest BCUT2D eigenvalue weighted by Gasteiger charge is 2.16. The molecule has 1 aromatic rings. The van der Waals surface area contributed by atoms with E-state index in [1.807, 2.05) is 6.07 Å². The molecule has 2 rings (SSSR count). The lowest BCUT2D eigenvalue weighted by molar-refractivity contribution is -0.139. The molecule has 1 aromatic carbocycles. The molecule has 0 aromatic heterocycles. The van der Waals surface area contributed by atoms with Gasteiger partial charge in [0.2, 0.25) is 6.79 Å². The monoisotopic (exact) mass is 329 g/mol. The maximum absolute atomic E-state index is 12.1. The van der Waals surface area contributed by atoms with Crippen LogP contribution >= 0.6 is 0 Å². The van der Waals surface area contributed by atoms with Crippen molar-refractivity contribution in [3.63, 3.8) is 0 Å². The highest BCUT2D eigenvalue weighted by Crippen LogP contribution is 2.33. The van der Waals surface area contributed by atoms with Crippen LogP contribution in [0.3, 0.4) is 0 Å². The number of hydrogen-bond acceptors (Lipinski definition) is 5. The Labute approximate surface area is 142 Å². The number of rotatable bonds is 8. The topological polar surface area (TPSA) is 68.6 Å². The Morgan fingerprint density at radius 3 is 2.88 bits per heavy atom. The smallest absolute Gasteiger partial charge is 0.348 e. The van der Waals surface area contributed by atoms with Gasteiger partial charge < -0.3 is 14.2 Å². The lowest BCUT2D eigenvalue weighted by Crippen LogP contribution is -2.15. The van der Waals surface area contributed by atoms with Crippen LogP contribution in [0.4, 0.5) is 0 Å². The summed E-state index contributed by atoms with van der Waals surface area (Å²) in [6.07, 6.45) is 5.75. The van der Waals surface area contributed by atoms with E-state index in [0.717, 1.165) is 25.7 Å². The summed E-state index contributed by atoms with van der Waals surface area (Å²) in [5.74, 6) is 1.04. The van der Waals surface area contributed by atoms with E-state index in [1.165, 1.54) is 6.08 Å². The minimum atomic E-state index is -0.579. The van der Waals surface area contributed by atoms with Crippen LogP contribution in [0.1, 0.15) is 45.1 Å². The number of nitriles is 1. The van der Waals surface area contributed by atoms with Crippen molar-refractivity contribution in [1.29, 1.82) is 5.26 Å². The summed E-state index contributed by atoms with van der Waals surface area (Å²) in [6, 6.07) is 7.18. The average Bonchev–Trinajstić information content (AvgIpc) is 3.07. The third-order valence-electron chi connectivity index (χ3n) is 4.04. The zero-order valence-corrected chi connectivity index (χ0v) is 14.2. The number of fused-ring (bicyclic) bond motifs is 1. The van der Waals surface area contributed by atoms with Gasteiger partial charge in [0.05, 0.1) is 6.61 Å². The first-order valence-electron chi connectivity index (χ1n) is 8.36. The molecule has 0 N–H and O–H groups in total. The van der Waals surface area contributed by atoms with E-state index in [4.69, 9.17) is 14.2 Å². The molecule has 0 aliphatic carbocycles. The number of hydrogen-bond donors (Lipinski definition) is 0. The third-order valence-corrected chi connectivity index (χ3v) is 4.04. The standard InChI is InChI=1S/C19H23NO4/c1-3-5-6-14(4-2)12-22-19(21)16(11-20)9-15-7-8-17-18(10-15)24-13-23-17/h7-10,14H,3-6,12-13H2,1-2H3/b16-9-/t14-/m0/s1. The van der Waals surface area contributed by atoms with Gasteiger partial charge in [0.25, 0.3) is 0 Å². The third kappa shape index (κ3) is 4.76. The molecule has 0 radical (unpaired) electrons. The average molecular weight is 329 g/mol. The van der Waals surface area contributed by atoms with Crippen molar-refractivity contribution in [3.8, 4) is 17.6 Å². The highest BCUT2D eigenvalue weighted by molar-refractivity contribution is 5.98. The Morgan fingerprint density at radius 1 is 1.38 bits per heavy atom. The molecule has 0 saturated carbocycles. The largest absolute Gasteiger partial charge is 0.461 e. The number of carbonyl (C=O) groups is 1. The molecule has 1 aliphatic heterocycles. The van der Waals surface area contributed by atoms with Gasteiger partial charge >= 0.3 is 5.97 Å². The summed E-state index contributed by atoms with van der Waals surface area (Å²) in [5.41, 5.74) is 0.685. The number of benzene rings is 1. The summed E-state index contributed by atoms with van der Waals surface area (Å²) < 4.78 is 15.9. The fraction of sp³-hybridized carbons (Fsp3) is 0.474. The van der Waals surface area contributed by atoms with Crippen molar-refractivity contribution < 1.29 is 19.0 Å². The summed E-state index contributed by atoms with van der Waals surface area (Å²) in [7, 11) is 0. The molecule has 5 nitrogen and oxygen atoms in total. The van der Waals surface area contributed by atoms with E-state index in [-0.39, 0.29) is 12.4 Å². The van der Waals surface area contributed by atoms with Crippen molar-refractivity contribution >= 4 is 12.0 Å². The van der Waals surface area contributed by atoms with Crippen molar-refractivity contribution in [3.05, 3.63) is 29.3 Å². The predicted molar refractivity (Wildman–Crippen MR) is 90.4 cm³/mol. The predicted octanol–water partition coefficient (Wildman–Crippen LogP) is 4.08. The van der Waals surface area contributed by atoms with Gasteiger partial charge in [-0.15, -0.1) is 0 Å². The first-order valence-corrected chi connectivity index (χ1v) is 8.36. The van der Waals surface area contributed by atoms with Gasteiger partial charge in [0, 0.05) is 0 Å². The van der Waals surface area contributed by atoms with E-state index in [1.54, 1.807) is 18.2 Å². The van der Waals surface area contributed by atoms with Crippen LogP contribution < -0.4 is 9.47 Å². The Kier molecular flexibility index (Phi) is 6.68. The van der Waals surface area contributed by atoms with Crippen LogP contribution in [0, 0.1) is 17.2 Å². The molecule has 128 valence electrons. The Bertz CT molecular complexity index is 645. The van der Waals surface area contributed by atoms with E-state index in [9.17, 15) is 10.1 Å². The molecule has 0 amide bonds. The number of esters is 1. The molecular formula is C19H23NO4. The molecule has 0 bridgehead atoms. The summed E-state index contributed by atoms with van der Waals surface area (Å²) in [4.78, 5) is 12.1. The number of nitrogens with zero attached hydrogens (tertiary/aromatic N) is 1. The van der Waals surface area contributed by atoms with Gasteiger partial charge in [-0.3, -0.25) is 0 Å². The molecule has 1 heterocycles. The summed E-state index contributed by atoms with van der Waals surface area (Å²) >= 11 is 0. The molecule has 0 unspecified atom stereocenters. The second-order valence-electron chi connectivity index (χ2n) is 5.80. The Morgan fingerprint density at radius 2 is 2.17 bits per heavy atom. The fourth-order valence-electron chi connectivity index (χ4n) is 2.48. The van der Waals surface area contributed by atoms with Crippen LogP contribution in [0.15, 0.2) is 23.8 Å². The van der Waals surface area contributed by atoms with Gasteiger partial charge in [0.15, 0.2) is 11.5 Å². The van der Waals surface area contributed by atoms with Crippen molar-refractivity contribution in [1.82, 2.24) is 0 Å². The van der Waals surface area contributed by atoms with E-state index < -0.39 is 5.97 Å². The molecule has 0 spiro atoms. The maximum atomic E-state index is 12.1. The Balaban J connectivity index is 1.99. The molecular weight excluding hydrogens is 306 g/mol. The van der Waals surface area contributed by atoms with E-state index in [0.29, 0.717) is 29.6 Å². The fourth-order valence-corrected chi connectivity index (χ4v) is 2.48. The zero-order valence-electron chi connectivity index (χ0n) is 14.2. The van der Waals surface area contributed by atoms with Crippen LogP contribution in [0.2, 0.25) is 0 Å². The molecule has 0 saturated heterocycles. The lowest BCUT2D eigenvalue weighted by Gasteiger charge is -2.14. The molecule has 1 aliphatic rings. The van der Waals surface area contributed by atoms with Crippen LogP contribution in [-0.2, 0) is 9.53 Å². The normalized spacial score (nSPS) is 14.1. The van der Waals surface area contributed by atoms with E-state index in [2.05, 4.69) is 13.8 Å². The number of ether oxygens (including phenoxy) is 3. The SMILES string of the molecule is CCCC[C@H](CC)COC(=O)/C(C#N)=C\c1ccc2c(c1)OCO2. The van der Waals surface area contributed by atoms with Crippen LogP contribution in [-0.4, -0.2) is 19.4 Å². The quantitative estimate of drug-likeness (QED) is 0.408. The molecule has 24 heavy (non-hydrogen) atoms. The zero-order chi connectivity index (χ0) is 17.4. The maximum Gasteiger partial charge on any atom is 0.348 e. The summed E-state index contributed by atoms with van der Waals surface area (Å²) in [5, 5.41) is 9.24. The van der Waals surface area contributed by atoms with E-state index >= 15 is 0 Å². The van der Waals surface area contributed by atoms with Crippen LogP contribution in [0.25, 0.3) is 6.08 Å². The second kappa shape index (κ2) is 8.97. The van der Waals surface area contributed by atoms with Crippen molar-refractivity contribution in [2.24, 2.45) is 5.92 Å². The van der Waals surface area contributed by atoms with Gasteiger partial charge in [-0.25, -0.2) is 4.79 Å². The van der Waals surface area contributed by atoms with Gasteiger partial charge in [-0.05, 0) is 36.1 Å². The first-order chi connectivity index (χ1) is 11.7. The Hall–Kier alpha value is -2.48. The lowest BCUT2D eigenvalue weighted by atomic mass is 10.0. The van der Waals surface area contributed by atoms with Crippen LogP contribution in [0.5, 0.6) is 11.5 Å². The van der Waals surface area contributed by atoms with Crippen molar-refractivity contribution in [2.45, 2.75) is 39.5 Å². The number of unbranched alkanes of at least 4 members (excludes halogenated alkanes) is 1. The van der Waals surface area contributed by atoms with Gasteiger partial charge in [0.1, 0.15) is 11.6 Å². The van der Waals surface area contributed by atoms with Crippen molar-refractivity contribution in [2.75, 3.05) is 13.4 Å². The minimum absolute atomic E-state index is 0.0146. The first kappa shape index (κ1) is 17.9. The highest BCUT2D eigenvalue weighted by atomic mass is 16.7. The molecule has 0 fully saturated rings. The van der Waals surface area contributed by atoms with Gasteiger partial charge in [-0.2, -0.15) is 5.26 Å². The summed E-state index contributed by atoms with van der Waals surface area (Å²) in [6.45, 7) is 4.77. The van der Waals surface area contributed by atoms with Gasteiger partial charge in [-0.1, -0.05) is 39.2 Å².